The van der Waals surface area contributed by atoms with Gasteiger partial charge in [0.15, 0.2) is 0 Å². The summed E-state index contributed by atoms with van der Waals surface area (Å²) in [7, 11) is 0. The molecule has 0 fully saturated rings. The van der Waals surface area contributed by atoms with Crippen LogP contribution in [0.4, 0.5) is 9.50 Å². The molecule has 0 unspecified atom stereocenters. The number of halogens is 1. The number of aromatic nitrogens is 2. The lowest BCUT2D eigenvalue weighted by molar-refractivity contribution is 0.205. The maximum absolute atomic E-state index is 8.78. The number of H-pyrrole nitrogens is 1. The molecule has 6 heteroatoms. The Hall–Kier alpha value is -1.59. The molecule has 0 saturated carbocycles. The quantitative estimate of drug-likeness (QED) is 0.491. The fourth-order valence-electron chi connectivity index (χ4n) is 0.215. The van der Waals surface area contributed by atoms with Crippen LogP contribution in [0.2, 0.25) is 0 Å². The lowest BCUT2D eigenvalue weighted by atomic mass is 11.0. The molecule has 0 saturated heterocycles. The number of primary amides is 1. The fourth-order valence-corrected chi connectivity index (χ4v) is 0.215. The van der Waals surface area contributed by atoms with Crippen LogP contribution in [0.25, 0.3) is 0 Å². The molecule has 10 heavy (non-hydrogen) atoms. The predicted molar refractivity (Wildman–Crippen MR) is 33.3 cm³/mol. The highest BCUT2D eigenvalue weighted by Crippen LogP contribution is 1.62. The number of amides is 1. The van der Waals surface area contributed by atoms with Gasteiger partial charge in [-0.3, -0.25) is 4.70 Å². The molecule has 5 nitrogen and oxygen atoms in total. The summed E-state index contributed by atoms with van der Waals surface area (Å²) < 4.78 is 0. The molecule has 0 aliphatic heterocycles. The topological polar surface area (TPSA) is 92.0 Å². The molecule has 1 aromatic heterocycles. The van der Waals surface area contributed by atoms with Crippen molar-refractivity contribution in [2.75, 3.05) is 0 Å². The van der Waals surface area contributed by atoms with E-state index in [1.54, 1.807) is 18.7 Å². The third-order valence-corrected chi connectivity index (χ3v) is 0.406. The van der Waals surface area contributed by atoms with E-state index in [2.05, 4.69) is 15.7 Å². The molecule has 4 N–H and O–H groups in total. The standard InChI is InChI=1S/C3H4N2.CH3NO2.FH/c1-2-5-3-4-1;2-1(3)4;/h1-3H,(H,4,5);2H2,(H,3,4);1H. The Morgan fingerprint density at radius 3 is 2.30 bits per heavy atom. The zero-order valence-electron chi connectivity index (χ0n) is 5.02. The number of hydrogen-bond donors (Lipinski definition) is 3. The summed E-state index contributed by atoms with van der Waals surface area (Å²) in [6.45, 7) is 0. The number of rotatable bonds is 0. The van der Waals surface area contributed by atoms with Crippen LogP contribution in [0.5, 0.6) is 0 Å². The Labute approximate surface area is 56.3 Å². The van der Waals surface area contributed by atoms with Crippen molar-refractivity contribution in [1.29, 1.82) is 0 Å². The average Bonchev–Trinajstić information content (AvgIpc) is 2.11. The van der Waals surface area contributed by atoms with E-state index in [0.29, 0.717) is 0 Å². The summed E-state index contributed by atoms with van der Waals surface area (Å²) in [5.41, 5.74) is 4.03. The SMILES string of the molecule is F.NC(=O)O.c1c[nH]cn1. The van der Waals surface area contributed by atoms with E-state index < -0.39 is 6.09 Å². The van der Waals surface area contributed by atoms with E-state index in [1.165, 1.54) is 0 Å². The Morgan fingerprint density at radius 1 is 1.70 bits per heavy atom. The van der Waals surface area contributed by atoms with Crippen molar-refractivity contribution in [2.45, 2.75) is 0 Å². The maximum Gasteiger partial charge on any atom is 0.402 e. The van der Waals surface area contributed by atoms with Gasteiger partial charge in [0.25, 0.3) is 0 Å². The summed E-state index contributed by atoms with van der Waals surface area (Å²) in [6.07, 6.45) is 3.75. The van der Waals surface area contributed by atoms with Crippen molar-refractivity contribution in [1.82, 2.24) is 9.97 Å². The number of nitrogens with two attached hydrogens (primary N) is 1. The van der Waals surface area contributed by atoms with Crippen LogP contribution in [-0.4, -0.2) is 21.2 Å². The molecule has 0 bridgehead atoms. The number of nitrogens with one attached hydrogen (secondary N) is 1. The third kappa shape index (κ3) is 16.1. The molecule has 1 heterocycles. The van der Waals surface area contributed by atoms with Crippen molar-refractivity contribution in [3.8, 4) is 0 Å². The van der Waals surface area contributed by atoms with Gasteiger partial charge in [-0.05, 0) is 0 Å². The molecule has 1 rings (SSSR count). The number of carboxylic acid groups (broad SMARTS) is 1. The van der Waals surface area contributed by atoms with Gasteiger partial charge < -0.3 is 15.8 Å². The van der Waals surface area contributed by atoms with Gasteiger partial charge in [-0.15, -0.1) is 0 Å². The predicted octanol–water partition coefficient (Wildman–Crippen LogP) is 0.185. The number of carbonyl (C=O) groups is 1. The van der Waals surface area contributed by atoms with Gasteiger partial charge in [-0.25, -0.2) is 9.78 Å². The molecule has 1 aromatic rings. The summed E-state index contributed by atoms with van der Waals surface area (Å²) >= 11 is 0. The van der Waals surface area contributed by atoms with E-state index in [9.17, 15) is 0 Å². The molecule has 0 spiro atoms. The smallest absolute Gasteiger partial charge is 0.402 e. The van der Waals surface area contributed by atoms with Crippen molar-refractivity contribution < 1.29 is 14.6 Å². The van der Waals surface area contributed by atoms with Gasteiger partial charge in [0.05, 0.1) is 6.33 Å². The fraction of sp³-hybridized carbons (Fsp3) is 0. The second-order valence-electron chi connectivity index (χ2n) is 1.10. The molecule has 58 valence electrons. The summed E-state index contributed by atoms with van der Waals surface area (Å²) in [5.74, 6) is 0. The Morgan fingerprint density at radius 2 is 2.20 bits per heavy atom. The van der Waals surface area contributed by atoms with E-state index in [0.717, 1.165) is 0 Å². The normalized spacial score (nSPS) is 6.40. The zero-order chi connectivity index (χ0) is 7.11. The molecule has 0 aliphatic carbocycles. The minimum Gasteiger partial charge on any atom is -0.465 e. The second-order valence-corrected chi connectivity index (χ2v) is 1.10. The first-order chi connectivity index (χ1) is 4.23. The summed E-state index contributed by atoms with van der Waals surface area (Å²) in [4.78, 5) is 15.2. The van der Waals surface area contributed by atoms with Crippen molar-refractivity contribution >= 4 is 6.09 Å². The van der Waals surface area contributed by atoms with Gasteiger partial charge in [-0.1, -0.05) is 0 Å². The van der Waals surface area contributed by atoms with Crippen LogP contribution in [0.3, 0.4) is 0 Å². The van der Waals surface area contributed by atoms with Crippen molar-refractivity contribution in [3.05, 3.63) is 18.7 Å². The summed E-state index contributed by atoms with van der Waals surface area (Å²) in [5, 5.41) is 7.19. The van der Waals surface area contributed by atoms with Crippen molar-refractivity contribution in [3.63, 3.8) is 0 Å². The van der Waals surface area contributed by atoms with E-state index in [4.69, 9.17) is 9.90 Å². The Kier molecular flexibility index (Phi) is 8.33. The van der Waals surface area contributed by atoms with E-state index in [1.807, 2.05) is 0 Å². The lowest BCUT2D eigenvalue weighted by Crippen LogP contribution is -2.03. The molecule has 0 radical (unpaired) electrons. The number of hydrogen-bond acceptors (Lipinski definition) is 2. The Bertz CT molecular complexity index is 132. The largest absolute Gasteiger partial charge is 0.465 e. The highest BCUT2D eigenvalue weighted by atomic mass is 19.0. The first-order valence-electron chi connectivity index (χ1n) is 2.14. The first kappa shape index (κ1) is 11.2. The first-order valence-corrected chi connectivity index (χ1v) is 2.14. The second kappa shape index (κ2) is 7.41. The molecule has 0 atom stereocenters. The average molecular weight is 149 g/mol. The van der Waals surface area contributed by atoms with Gasteiger partial charge in [0.2, 0.25) is 0 Å². The number of imidazole rings is 1. The lowest BCUT2D eigenvalue weighted by Gasteiger charge is -1.61. The van der Waals surface area contributed by atoms with Crippen LogP contribution < -0.4 is 5.73 Å². The number of nitrogens with zero attached hydrogens (tertiary/aromatic N) is 1. The molecule has 1 amide bonds. The Balaban J connectivity index is 0. The molecular formula is C4H8FN3O2. The monoisotopic (exact) mass is 149 g/mol. The van der Waals surface area contributed by atoms with Gasteiger partial charge in [0, 0.05) is 12.4 Å². The third-order valence-electron chi connectivity index (χ3n) is 0.406. The van der Waals surface area contributed by atoms with Gasteiger partial charge in [0.1, 0.15) is 0 Å². The minimum absolute atomic E-state index is 0. The minimum atomic E-state index is -1.33. The van der Waals surface area contributed by atoms with Crippen LogP contribution in [0.1, 0.15) is 0 Å². The van der Waals surface area contributed by atoms with Crippen LogP contribution >= 0.6 is 0 Å². The highest BCUT2D eigenvalue weighted by Gasteiger charge is 1.65. The molecule has 0 aromatic carbocycles. The van der Waals surface area contributed by atoms with E-state index >= 15 is 0 Å². The molecule has 0 aliphatic rings. The zero-order valence-corrected chi connectivity index (χ0v) is 5.02. The van der Waals surface area contributed by atoms with E-state index in [-0.39, 0.29) is 4.70 Å². The van der Waals surface area contributed by atoms with Crippen LogP contribution in [0, 0.1) is 0 Å². The van der Waals surface area contributed by atoms with Crippen LogP contribution in [0.15, 0.2) is 18.7 Å². The van der Waals surface area contributed by atoms with Gasteiger partial charge in [-0.2, -0.15) is 0 Å². The summed E-state index contributed by atoms with van der Waals surface area (Å²) in [6, 6.07) is 0. The highest BCUT2D eigenvalue weighted by molar-refractivity contribution is 5.61. The van der Waals surface area contributed by atoms with Gasteiger partial charge >= 0.3 is 6.09 Å². The number of aromatic amines is 1. The van der Waals surface area contributed by atoms with Crippen molar-refractivity contribution in [2.24, 2.45) is 5.73 Å². The molecular weight excluding hydrogens is 141 g/mol. The van der Waals surface area contributed by atoms with Crippen LogP contribution in [-0.2, 0) is 0 Å². The maximum atomic E-state index is 8.78.